The first-order valence-electron chi connectivity index (χ1n) is 6.52. The van der Waals surface area contributed by atoms with E-state index in [0.29, 0.717) is 17.2 Å². The van der Waals surface area contributed by atoms with Gasteiger partial charge in [0.25, 0.3) is 5.91 Å². The zero-order chi connectivity index (χ0) is 15.5. The number of aromatic nitrogens is 4. The van der Waals surface area contributed by atoms with Crippen LogP contribution in [0.3, 0.4) is 0 Å². The second-order valence-electron chi connectivity index (χ2n) is 4.64. The number of aryl methyl sites for hydroxylation is 1. The number of hydrogen-bond acceptors (Lipinski definition) is 4. The number of anilines is 1. The van der Waals surface area contributed by atoms with Crippen molar-refractivity contribution >= 4 is 27.5 Å². The van der Waals surface area contributed by atoms with Gasteiger partial charge < -0.3 is 5.32 Å². The molecule has 0 unspecified atom stereocenters. The number of pyridine rings is 2. The Morgan fingerprint density at radius 1 is 1.36 bits per heavy atom. The van der Waals surface area contributed by atoms with E-state index in [4.69, 9.17) is 0 Å². The second kappa shape index (κ2) is 6.07. The average Bonchev–Trinajstić information content (AvgIpc) is 3.05. The summed E-state index contributed by atoms with van der Waals surface area (Å²) >= 11 is 3.33. The highest BCUT2D eigenvalue weighted by Crippen LogP contribution is 2.17. The van der Waals surface area contributed by atoms with Gasteiger partial charge in [0.2, 0.25) is 0 Å². The molecule has 3 aromatic heterocycles. The highest BCUT2D eigenvalue weighted by Gasteiger charge is 2.10. The molecule has 3 heterocycles. The largest absolute Gasteiger partial charge is 0.319 e. The van der Waals surface area contributed by atoms with Gasteiger partial charge in [-0.2, -0.15) is 0 Å². The fourth-order valence-electron chi connectivity index (χ4n) is 1.91. The summed E-state index contributed by atoms with van der Waals surface area (Å²) in [6, 6.07) is 7.09. The number of carbonyl (C=O) groups excluding carboxylic acids is 1. The molecule has 0 aromatic carbocycles. The first-order valence-corrected chi connectivity index (χ1v) is 7.31. The maximum absolute atomic E-state index is 12.3. The Morgan fingerprint density at radius 2 is 2.23 bits per heavy atom. The third-order valence-corrected chi connectivity index (χ3v) is 3.84. The lowest BCUT2D eigenvalue weighted by Crippen LogP contribution is -2.15. The predicted octanol–water partition coefficient (Wildman–Crippen LogP) is 2.99. The van der Waals surface area contributed by atoms with Gasteiger partial charge in [0, 0.05) is 12.4 Å². The van der Waals surface area contributed by atoms with Crippen molar-refractivity contribution in [1.29, 1.82) is 0 Å². The van der Waals surface area contributed by atoms with E-state index in [-0.39, 0.29) is 5.91 Å². The van der Waals surface area contributed by atoms with Crippen molar-refractivity contribution in [1.82, 2.24) is 19.5 Å². The van der Waals surface area contributed by atoms with Crippen LogP contribution in [0.2, 0.25) is 0 Å². The van der Waals surface area contributed by atoms with Gasteiger partial charge in [0.15, 0.2) is 0 Å². The molecule has 0 aliphatic rings. The fraction of sp³-hybridized carbons (Fsp3) is 0.0667. The quantitative estimate of drug-likeness (QED) is 0.731. The molecule has 6 nitrogen and oxygen atoms in total. The number of amides is 1. The minimum absolute atomic E-state index is 0.287. The summed E-state index contributed by atoms with van der Waals surface area (Å²) in [6.45, 7) is 1.91. The minimum atomic E-state index is -0.287. The molecule has 110 valence electrons. The van der Waals surface area contributed by atoms with Crippen molar-refractivity contribution in [2.24, 2.45) is 0 Å². The number of imidazole rings is 1. The van der Waals surface area contributed by atoms with Crippen molar-refractivity contribution in [2.45, 2.75) is 6.92 Å². The molecule has 0 saturated heterocycles. The Hall–Kier alpha value is -2.54. The monoisotopic (exact) mass is 357 g/mol. The van der Waals surface area contributed by atoms with Crippen molar-refractivity contribution in [3.8, 4) is 5.82 Å². The first-order chi connectivity index (χ1) is 10.6. The molecule has 1 amide bonds. The number of nitrogens with one attached hydrogen (secondary N) is 1. The van der Waals surface area contributed by atoms with E-state index in [2.05, 4.69) is 36.2 Å². The second-order valence-corrected chi connectivity index (χ2v) is 5.39. The van der Waals surface area contributed by atoms with Crippen LogP contribution in [0.1, 0.15) is 16.1 Å². The van der Waals surface area contributed by atoms with Crippen LogP contribution in [0.5, 0.6) is 0 Å². The van der Waals surface area contributed by atoms with E-state index >= 15 is 0 Å². The van der Waals surface area contributed by atoms with Gasteiger partial charge in [-0.1, -0.05) is 6.07 Å². The number of hydrogen-bond donors (Lipinski definition) is 1. The lowest BCUT2D eigenvalue weighted by molar-refractivity contribution is 0.102. The van der Waals surface area contributed by atoms with Crippen LogP contribution >= 0.6 is 15.9 Å². The van der Waals surface area contributed by atoms with Gasteiger partial charge >= 0.3 is 0 Å². The molecule has 22 heavy (non-hydrogen) atoms. The molecular formula is C15H12BrN5O. The number of carbonyl (C=O) groups is 1. The number of halogens is 1. The highest BCUT2D eigenvalue weighted by molar-refractivity contribution is 9.10. The zero-order valence-corrected chi connectivity index (χ0v) is 13.3. The van der Waals surface area contributed by atoms with E-state index in [1.807, 2.05) is 19.1 Å². The van der Waals surface area contributed by atoms with Gasteiger partial charge in [0.05, 0.1) is 11.9 Å². The molecule has 0 atom stereocenters. The lowest BCUT2D eigenvalue weighted by Gasteiger charge is -2.07. The Bertz CT molecular complexity index is 817. The molecule has 0 aliphatic heterocycles. The van der Waals surface area contributed by atoms with Gasteiger partial charge in [0.1, 0.15) is 22.4 Å². The summed E-state index contributed by atoms with van der Waals surface area (Å²) in [5, 5.41) is 2.79. The molecule has 0 fully saturated rings. The Morgan fingerprint density at radius 3 is 2.95 bits per heavy atom. The summed E-state index contributed by atoms with van der Waals surface area (Å²) in [5.74, 6) is 0.348. The van der Waals surface area contributed by atoms with E-state index in [0.717, 1.165) is 10.2 Å². The van der Waals surface area contributed by atoms with Crippen molar-refractivity contribution in [3.05, 3.63) is 65.0 Å². The maximum atomic E-state index is 12.3. The molecule has 0 bridgehead atoms. The highest BCUT2D eigenvalue weighted by atomic mass is 79.9. The summed E-state index contributed by atoms with van der Waals surface area (Å²) in [7, 11) is 0. The molecule has 3 rings (SSSR count). The van der Waals surface area contributed by atoms with Crippen molar-refractivity contribution in [2.75, 3.05) is 5.32 Å². The molecule has 3 aromatic rings. The van der Waals surface area contributed by atoms with E-state index in [1.54, 1.807) is 41.6 Å². The van der Waals surface area contributed by atoms with Gasteiger partial charge in [-0.3, -0.25) is 9.36 Å². The Labute approximate surface area is 135 Å². The van der Waals surface area contributed by atoms with E-state index < -0.39 is 0 Å². The van der Waals surface area contributed by atoms with Gasteiger partial charge in [-0.05, 0) is 46.6 Å². The van der Waals surface area contributed by atoms with Crippen molar-refractivity contribution in [3.63, 3.8) is 0 Å². The third kappa shape index (κ3) is 3.04. The smallest absolute Gasteiger partial charge is 0.274 e. The van der Waals surface area contributed by atoms with Gasteiger partial charge in [-0.25, -0.2) is 15.0 Å². The molecule has 0 saturated carbocycles. The molecular weight excluding hydrogens is 346 g/mol. The topological polar surface area (TPSA) is 72.7 Å². The molecule has 0 aliphatic carbocycles. The lowest BCUT2D eigenvalue weighted by atomic mass is 10.3. The first kappa shape index (κ1) is 14.4. The normalized spacial score (nSPS) is 10.5. The average molecular weight is 358 g/mol. The van der Waals surface area contributed by atoms with Crippen LogP contribution in [0.15, 0.2) is 53.8 Å². The van der Waals surface area contributed by atoms with Crippen LogP contribution in [0.4, 0.5) is 5.69 Å². The number of nitrogens with zero attached hydrogens (tertiary/aromatic N) is 4. The van der Waals surface area contributed by atoms with Crippen LogP contribution < -0.4 is 5.32 Å². The SMILES string of the molecule is Cc1cc(NC(=O)c2cccc(-n3ccnc3)n2)cnc1Br. The molecule has 0 spiro atoms. The van der Waals surface area contributed by atoms with Crippen LogP contribution in [-0.4, -0.2) is 25.4 Å². The van der Waals surface area contributed by atoms with Crippen LogP contribution in [-0.2, 0) is 0 Å². The molecule has 1 N–H and O–H groups in total. The third-order valence-electron chi connectivity index (χ3n) is 3.01. The maximum Gasteiger partial charge on any atom is 0.274 e. The predicted molar refractivity (Wildman–Crippen MR) is 86.0 cm³/mol. The standard InChI is InChI=1S/C15H12BrN5O/c1-10-7-11(8-18-14(10)16)19-15(22)12-3-2-4-13(20-12)21-6-5-17-9-21/h2-9H,1H3,(H,19,22). The molecule has 0 radical (unpaired) electrons. The van der Waals surface area contributed by atoms with Crippen LogP contribution in [0, 0.1) is 6.92 Å². The zero-order valence-electron chi connectivity index (χ0n) is 11.7. The summed E-state index contributed by atoms with van der Waals surface area (Å²) in [4.78, 5) is 24.7. The van der Waals surface area contributed by atoms with Gasteiger partial charge in [-0.15, -0.1) is 0 Å². The van der Waals surface area contributed by atoms with Crippen molar-refractivity contribution < 1.29 is 4.79 Å². The Kier molecular flexibility index (Phi) is 3.97. The fourth-order valence-corrected chi connectivity index (χ4v) is 2.13. The molecule has 7 heteroatoms. The van der Waals surface area contributed by atoms with E-state index in [1.165, 1.54) is 0 Å². The van der Waals surface area contributed by atoms with E-state index in [9.17, 15) is 4.79 Å². The summed E-state index contributed by atoms with van der Waals surface area (Å²) in [5.41, 5.74) is 1.89. The summed E-state index contributed by atoms with van der Waals surface area (Å²) in [6.07, 6.45) is 6.65. The van der Waals surface area contributed by atoms with Crippen LogP contribution in [0.25, 0.3) is 5.82 Å². The summed E-state index contributed by atoms with van der Waals surface area (Å²) < 4.78 is 2.49. The Balaban J connectivity index is 1.83. The number of rotatable bonds is 3. The minimum Gasteiger partial charge on any atom is -0.319 e.